The number of esters is 2. The van der Waals surface area contributed by atoms with Crippen LogP contribution < -0.4 is 0 Å². The van der Waals surface area contributed by atoms with Crippen LogP contribution >= 0.6 is 0 Å². The van der Waals surface area contributed by atoms with Crippen molar-refractivity contribution in [2.75, 3.05) is 40.6 Å². The largest absolute Gasteiger partial charge is 0.463 e. The van der Waals surface area contributed by atoms with E-state index in [0.29, 0.717) is 26.4 Å². The quantitative estimate of drug-likeness (QED) is 0.311. The van der Waals surface area contributed by atoms with Crippen LogP contribution in [0.15, 0.2) is 11.6 Å². The Kier molecular flexibility index (Phi) is 12.7. The van der Waals surface area contributed by atoms with Crippen molar-refractivity contribution in [1.29, 1.82) is 0 Å². The minimum atomic E-state index is -0.527. The van der Waals surface area contributed by atoms with Crippen molar-refractivity contribution < 1.29 is 28.5 Å². The monoisotopic (exact) mass is 302 g/mol. The molecule has 0 saturated heterocycles. The van der Waals surface area contributed by atoms with Gasteiger partial charge in [0.25, 0.3) is 0 Å². The third-order valence-electron chi connectivity index (χ3n) is 2.62. The van der Waals surface area contributed by atoms with E-state index in [2.05, 4.69) is 0 Å². The van der Waals surface area contributed by atoms with Crippen molar-refractivity contribution >= 4 is 11.9 Å². The molecule has 0 aliphatic rings. The fourth-order valence-corrected chi connectivity index (χ4v) is 1.43. The van der Waals surface area contributed by atoms with Crippen molar-refractivity contribution in [2.24, 2.45) is 0 Å². The average Bonchev–Trinajstić information content (AvgIpc) is 2.46. The summed E-state index contributed by atoms with van der Waals surface area (Å²) in [5.74, 6) is -1.02. The van der Waals surface area contributed by atoms with Gasteiger partial charge in [0.1, 0.15) is 0 Å². The highest BCUT2D eigenvalue weighted by Gasteiger charge is 2.08. The van der Waals surface area contributed by atoms with Gasteiger partial charge in [-0.25, -0.2) is 9.59 Å². The molecule has 0 aliphatic carbocycles. The lowest BCUT2D eigenvalue weighted by Crippen LogP contribution is -2.11. The minimum Gasteiger partial charge on any atom is -0.463 e. The molecule has 21 heavy (non-hydrogen) atoms. The van der Waals surface area contributed by atoms with E-state index in [1.807, 2.05) is 0 Å². The molecule has 0 bridgehead atoms. The van der Waals surface area contributed by atoms with Gasteiger partial charge in [0.2, 0.25) is 0 Å². The second kappa shape index (κ2) is 13.6. The Morgan fingerprint density at radius 1 is 0.810 bits per heavy atom. The zero-order valence-corrected chi connectivity index (χ0v) is 13.2. The summed E-state index contributed by atoms with van der Waals surface area (Å²) in [6, 6.07) is 0. The molecule has 0 unspecified atom stereocenters. The van der Waals surface area contributed by atoms with Gasteiger partial charge >= 0.3 is 11.9 Å². The summed E-state index contributed by atoms with van der Waals surface area (Å²) in [5, 5.41) is 0. The maximum atomic E-state index is 11.6. The Morgan fingerprint density at radius 2 is 1.29 bits per heavy atom. The molecule has 0 rings (SSSR count). The first-order valence-corrected chi connectivity index (χ1v) is 7.12. The molecule has 0 atom stereocenters. The van der Waals surface area contributed by atoms with Gasteiger partial charge in [-0.15, -0.1) is 0 Å². The van der Waals surface area contributed by atoms with Crippen molar-refractivity contribution in [1.82, 2.24) is 0 Å². The summed E-state index contributed by atoms with van der Waals surface area (Å²) in [7, 11) is 3.25. The van der Waals surface area contributed by atoms with E-state index in [1.165, 1.54) is 6.92 Å². The second-order valence-corrected chi connectivity index (χ2v) is 4.53. The fourth-order valence-electron chi connectivity index (χ4n) is 1.43. The van der Waals surface area contributed by atoms with Gasteiger partial charge in [0.15, 0.2) is 0 Å². The molecular formula is C15H26O6. The van der Waals surface area contributed by atoms with E-state index in [9.17, 15) is 9.59 Å². The van der Waals surface area contributed by atoms with E-state index in [0.717, 1.165) is 31.8 Å². The van der Waals surface area contributed by atoms with Gasteiger partial charge in [-0.1, -0.05) is 0 Å². The van der Waals surface area contributed by atoms with Gasteiger partial charge in [-0.05, 0) is 32.6 Å². The fraction of sp³-hybridized carbons (Fsp3) is 0.733. The Labute approximate surface area is 126 Å². The third kappa shape index (κ3) is 12.1. The molecule has 0 aromatic rings. The molecule has 0 fully saturated rings. The SMILES string of the molecule is COCCCCOC(=O)/C=C(/C)C(=O)OCCCCOC. The first-order chi connectivity index (χ1) is 10.1. The zero-order valence-electron chi connectivity index (χ0n) is 13.2. The van der Waals surface area contributed by atoms with Crippen LogP contribution in [0, 0.1) is 0 Å². The maximum Gasteiger partial charge on any atom is 0.333 e. The first kappa shape index (κ1) is 19.6. The minimum absolute atomic E-state index is 0.239. The molecule has 122 valence electrons. The van der Waals surface area contributed by atoms with Crippen molar-refractivity contribution in [2.45, 2.75) is 32.6 Å². The van der Waals surface area contributed by atoms with Crippen LogP contribution in [0.5, 0.6) is 0 Å². The normalized spacial score (nSPS) is 11.3. The van der Waals surface area contributed by atoms with Gasteiger partial charge in [0, 0.05) is 39.1 Å². The number of rotatable bonds is 12. The van der Waals surface area contributed by atoms with Crippen LogP contribution in [0.3, 0.4) is 0 Å². The number of carbonyl (C=O) groups excluding carboxylic acids is 2. The van der Waals surface area contributed by atoms with Crippen molar-refractivity contribution in [3.05, 3.63) is 11.6 Å². The standard InChI is InChI=1S/C15H26O6/c1-13(15(17)21-11-7-5-9-19-3)12-14(16)20-10-6-4-8-18-2/h12H,4-11H2,1-3H3/b13-12-. The van der Waals surface area contributed by atoms with E-state index >= 15 is 0 Å². The summed E-state index contributed by atoms with van der Waals surface area (Å²) in [4.78, 5) is 23.0. The Bertz CT molecular complexity index is 324. The lowest BCUT2D eigenvalue weighted by Gasteiger charge is -2.05. The third-order valence-corrected chi connectivity index (χ3v) is 2.62. The lowest BCUT2D eigenvalue weighted by atomic mass is 10.3. The van der Waals surface area contributed by atoms with Crippen molar-refractivity contribution in [3.8, 4) is 0 Å². The van der Waals surface area contributed by atoms with E-state index in [4.69, 9.17) is 18.9 Å². The van der Waals surface area contributed by atoms with Crippen LogP contribution in [0.4, 0.5) is 0 Å². The van der Waals surface area contributed by atoms with Crippen LogP contribution in [-0.2, 0) is 28.5 Å². The van der Waals surface area contributed by atoms with E-state index in [1.54, 1.807) is 14.2 Å². The predicted octanol–water partition coefficient (Wildman–Crippen LogP) is 1.87. The van der Waals surface area contributed by atoms with Gasteiger partial charge in [0.05, 0.1) is 13.2 Å². The topological polar surface area (TPSA) is 71.1 Å². The number of hydrogen-bond donors (Lipinski definition) is 0. The summed E-state index contributed by atoms with van der Waals surface area (Å²) >= 11 is 0. The summed E-state index contributed by atoms with van der Waals surface area (Å²) in [6.07, 6.45) is 4.28. The highest BCUT2D eigenvalue weighted by molar-refractivity contribution is 5.95. The molecule has 0 aromatic heterocycles. The van der Waals surface area contributed by atoms with Crippen molar-refractivity contribution in [3.63, 3.8) is 0 Å². The summed E-state index contributed by atoms with van der Waals surface area (Å²) in [6.45, 7) is 3.45. The molecular weight excluding hydrogens is 276 g/mol. The van der Waals surface area contributed by atoms with Crippen LogP contribution in [0.1, 0.15) is 32.6 Å². The van der Waals surface area contributed by atoms with Gasteiger partial charge < -0.3 is 18.9 Å². The summed E-state index contributed by atoms with van der Waals surface area (Å²) in [5.41, 5.74) is 0.239. The second-order valence-electron chi connectivity index (χ2n) is 4.53. The van der Waals surface area contributed by atoms with Gasteiger partial charge in [-0.3, -0.25) is 0 Å². The highest BCUT2D eigenvalue weighted by Crippen LogP contribution is 2.01. The molecule has 0 heterocycles. The van der Waals surface area contributed by atoms with Crippen LogP contribution in [0.25, 0.3) is 0 Å². The van der Waals surface area contributed by atoms with E-state index in [-0.39, 0.29) is 5.57 Å². The number of unbranched alkanes of at least 4 members (excludes halogenated alkanes) is 2. The van der Waals surface area contributed by atoms with Crippen LogP contribution in [-0.4, -0.2) is 52.6 Å². The molecule has 0 aliphatic heterocycles. The predicted molar refractivity (Wildman–Crippen MR) is 77.9 cm³/mol. The lowest BCUT2D eigenvalue weighted by molar-refractivity contribution is -0.141. The highest BCUT2D eigenvalue weighted by atomic mass is 16.5. The molecule has 0 N–H and O–H groups in total. The Morgan fingerprint density at radius 3 is 1.81 bits per heavy atom. The molecule has 6 nitrogen and oxygen atoms in total. The zero-order chi connectivity index (χ0) is 15.9. The molecule has 0 amide bonds. The smallest absolute Gasteiger partial charge is 0.333 e. The first-order valence-electron chi connectivity index (χ1n) is 7.12. The number of carbonyl (C=O) groups is 2. The number of hydrogen-bond acceptors (Lipinski definition) is 6. The maximum absolute atomic E-state index is 11.6. The molecule has 0 spiro atoms. The van der Waals surface area contributed by atoms with Crippen LogP contribution in [0.2, 0.25) is 0 Å². The molecule has 0 radical (unpaired) electrons. The number of ether oxygens (including phenoxy) is 4. The average molecular weight is 302 g/mol. The van der Waals surface area contributed by atoms with Gasteiger partial charge in [-0.2, -0.15) is 0 Å². The summed E-state index contributed by atoms with van der Waals surface area (Å²) < 4.78 is 19.8. The molecule has 6 heteroatoms. The Balaban J connectivity index is 3.81. The Hall–Kier alpha value is -1.40. The van der Waals surface area contributed by atoms with E-state index < -0.39 is 11.9 Å². The molecule has 0 aromatic carbocycles. The molecule has 0 saturated carbocycles. The number of methoxy groups -OCH3 is 2.